The van der Waals surface area contributed by atoms with E-state index < -0.39 is 9.84 Å². The maximum absolute atomic E-state index is 11.3. The van der Waals surface area contributed by atoms with Crippen molar-refractivity contribution >= 4 is 15.8 Å². The van der Waals surface area contributed by atoms with Gasteiger partial charge in [0.25, 0.3) is 0 Å². The van der Waals surface area contributed by atoms with Gasteiger partial charge < -0.3 is 15.4 Å². The molecule has 0 aliphatic rings. The molecular formula is C15H33N3O3S. The number of methoxy groups -OCH3 is 1. The van der Waals surface area contributed by atoms with Gasteiger partial charge >= 0.3 is 0 Å². The number of sulfone groups is 1. The lowest BCUT2D eigenvalue weighted by atomic mass is 9.90. The molecule has 132 valence electrons. The lowest BCUT2D eigenvalue weighted by molar-refractivity contribution is 0.0268. The first-order valence-electron chi connectivity index (χ1n) is 7.66. The zero-order chi connectivity index (χ0) is 17.4. The minimum absolute atomic E-state index is 0.164. The summed E-state index contributed by atoms with van der Waals surface area (Å²) in [6, 6.07) is 0. The lowest BCUT2D eigenvalue weighted by Gasteiger charge is -2.26. The predicted octanol–water partition coefficient (Wildman–Crippen LogP) is 1.43. The molecule has 0 atom stereocenters. The first-order chi connectivity index (χ1) is 9.91. The van der Waals surface area contributed by atoms with Crippen molar-refractivity contribution in [3.63, 3.8) is 0 Å². The Morgan fingerprint density at radius 1 is 1.18 bits per heavy atom. The normalized spacial score (nSPS) is 14.0. The van der Waals surface area contributed by atoms with Crippen LogP contribution in [-0.2, 0) is 14.6 Å². The molecule has 0 heterocycles. The summed E-state index contributed by atoms with van der Waals surface area (Å²) in [6.07, 6.45) is 1.86. The SMILES string of the molecule is CCNC(=NCC(C)(C)CCS(C)(=O)=O)NCC(C)(C)OC. The third kappa shape index (κ3) is 10.8. The Bertz CT molecular complexity index is 457. The lowest BCUT2D eigenvalue weighted by Crippen LogP contribution is -2.45. The van der Waals surface area contributed by atoms with Gasteiger partial charge in [0.05, 0.1) is 11.4 Å². The molecule has 0 aromatic carbocycles. The predicted molar refractivity (Wildman–Crippen MR) is 93.2 cm³/mol. The Labute approximate surface area is 136 Å². The average molecular weight is 336 g/mol. The summed E-state index contributed by atoms with van der Waals surface area (Å²) in [5, 5.41) is 6.44. The van der Waals surface area contributed by atoms with Crippen LogP contribution in [0.1, 0.15) is 41.0 Å². The molecule has 6 nitrogen and oxygen atoms in total. The Balaban J connectivity index is 4.64. The number of rotatable bonds is 9. The Morgan fingerprint density at radius 2 is 1.77 bits per heavy atom. The quantitative estimate of drug-likeness (QED) is 0.492. The van der Waals surface area contributed by atoms with Crippen LogP contribution in [0, 0.1) is 5.41 Å². The van der Waals surface area contributed by atoms with Gasteiger partial charge in [0.15, 0.2) is 5.96 Å². The van der Waals surface area contributed by atoms with Gasteiger partial charge in [-0.05, 0) is 32.6 Å². The van der Waals surface area contributed by atoms with Gasteiger partial charge in [0.1, 0.15) is 9.84 Å². The molecular weight excluding hydrogens is 302 g/mol. The molecule has 0 unspecified atom stereocenters. The van der Waals surface area contributed by atoms with E-state index in [1.165, 1.54) is 6.26 Å². The van der Waals surface area contributed by atoms with Gasteiger partial charge in [-0.15, -0.1) is 0 Å². The van der Waals surface area contributed by atoms with E-state index in [9.17, 15) is 8.42 Å². The van der Waals surface area contributed by atoms with Crippen molar-refractivity contribution in [2.75, 3.05) is 38.8 Å². The Morgan fingerprint density at radius 3 is 2.23 bits per heavy atom. The summed E-state index contributed by atoms with van der Waals surface area (Å²) in [5.41, 5.74) is -0.440. The summed E-state index contributed by atoms with van der Waals surface area (Å²) >= 11 is 0. The molecule has 0 bridgehead atoms. The maximum Gasteiger partial charge on any atom is 0.191 e. The van der Waals surface area contributed by atoms with Gasteiger partial charge in [-0.25, -0.2) is 8.42 Å². The van der Waals surface area contributed by atoms with Gasteiger partial charge in [-0.1, -0.05) is 13.8 Å². The fourth-order valence-corrected chi connectivity index (χ4v) is 2.47. The number of nitrogens with zero attached hydrogens (tertiary/aromatic N) is 1. The van der Waals surface area contributed by atoms with Crippen LogP contribution in [0.3, 0.4) is 0 Å². The molecule has 0 amide bonds. The van der Waals surface area contributed by atoms with E-state index in [0.717, 1.165) is 12.5 Å². The summed E-state index contributed by atoms with van der Waals surface area (Å²) < 4.78 is 28.0. The Hall–Kier alpha value is -0.820. The van der Waals surface area contributed by atoms with Crippen molar-refractivity contribution in [2.45, 2.75) is 46.6 Å². The summed E-state index contributed by atoms with van der Waals surface area (Å²) in [5.74, 6) is 0.913. The van der Waals surface area contributed by atoms with Gasteiger partial charge in [0, 0.05) is 33.0 Å². The van der Waals surface area contributed by atoms with Crippen LogP contribution in [0.15, 0.2) is 4.99 Å². The number of ether oxygens (including phenoxy) is 1. The minimum atomic E-state index is -2.94. The second-order valence-electron chi connectivity index (χ2n) is 7.06. The number of hydrogen-bond donors (Lipinski definition) is 2. The second kappa shape index (κ2) is 8.72. The molecule has 0 fully saturated rings. The van der Waals surface area contributed by atoms with Crippen LogP contribution < -0.4 is 10.6 Å². The number of nitrogens with one attached hydrogen (secondary N) is 2. The molecule has 0 spiro atoms. The van der Waals surface area contributed by atoms with E-state index in [4.69, 9.17) is 4.74 Å². The first kappa shape index (κ1) is 21.2. The Kier molecular flexibility index (Phi) is 8.39. The maximum atomic E-state index is 11.3. The van der Waals surface area contributed by atoms with E-state index in [-0.39, 0.29) is 16.8 Å². The largest absolute Gasteiger partial charge is 0.377 e. The molecule has 0 saturated carbocycles. The molecule has 0 saturated heterocycles. The molecule has 0 aromatic heterocycles. The van der Waals surface area contributed by atoms with E-state index in [1.54, 1.807) is 7.11 Å². The van der Waals surface area contributed by atoms with E-state index >= 15 is 0 Å². The molecule has 0 aliphatic heterocycles. The van der Waals surface area contributed by atoms with E-state index in [1.807, 2.05) is 34.6 Å². The van der Waals surface area contributed by atoms with Gasteiger partial charge in [0.2, 0.25) is 0 Å². The highest BCUT2D eigenvalue weighted by atomic mass is 32.2. The highest BCUT2D eigenvalue weighted by molar-refractivity contribution is 7.90. The molecule has 0 rings (SSSR count). The van der Waals surface area contributed by atoms with Crippen molar-refractivity contribution in [3.05, 3.63) is 0 Å². The van der Waals surface area contributed by atoms with Crippen LogP contribution in [0.4, 0.5) is 0 Å². The monoisotopic (exact) mass is 335 g/mol. The molecule has 22 heavy (non-hydrogen) atoms. The molecule has 7 heteroatoms. The molecule has 0 aliphatic carbocycles. The van der Waals surface area contributed by atoms with Crippen molar-refractivity contribution in [2.24, 2.45) is 10.4 Å². The molecule has 0 aromatic rings. The van der Waals surface area contributed by atoms with E-state index in [0.29, 0.717) is 19.5 Å². The fraction of sp³-hybridized carbons (Fsp3) is 0.933. The smallest absolute Gasteiger partial charge is 0.191 e. The van der Waals surface area contributed by atoms with Crippen LogP contribution in [0.5, 0.6) is 0 Å². The average Bonchev–Trinajstić information content (AvgIpc) is 2.39. The minimum Gasteiger partial charge on any atom is -0.377 e. The van der Waals surface area contributed by atoms with Crippen LogP contribution in [0.25, 0.3) is 0 Å². The van der Waals surface area contributed by atoms with Crippen LogP contribution >= 0.6 is 0 Å². The number of hydrogen-bond acceptors (Lipinski definition) is 4. The number of guanidine groups is 1. The van der Waals surface area contributed by atoms with E-state index in [2.05, 4.69) is 15.6 Å². The fourth-order valence-electron chi connectivity index (χ4n) is 1.54. The first-order valence-corrected chi connectivity index (χ1v) is 9.72. The van der Waals surface area contributed by atoms with Gasteiger partial charge in [-0.2, -0.15) is 0 Å². The van der Waals surface area contributed by atoms with Crippen molar-refractivity contribution in [1.29, 1.82) is 0 Å². The standard InChI is InChI=1S/C15H33N3O3S/c1-8-16-13(18-12-15(4,5)21-6)17-11-14(2,3)9-10-22(7,19)20/h8-12H2,1-7H3,(H2,16,17,18). The third-order valence-electron chi connectivity index (χ3n) is 3.39. The van der Waals surface area contributed by atoms with Crippen LogP contribution in [0.2, 0.25) is 0 Å². The van der Waals surface area contributed by atoms with Crippen molar-refractivity contribution in [3.8, 4) is 0 Å². The van der Waals surface area contributed by atoms with Crippen molar-refractivity contribution < 1.29 is 13.2 Å². The van der Waals surface area contributed by atoms with Crippen LogP contribution in [-0.4, -0.2) is 58.7 Å². The highest BCUT2D eigenvalue weighted by Crippen LogP contribution is 2.21. The summed E-state index contributed by atoms with van der Waals surface area (Å²) in [7, 11) is -1.25. The molecule has 2 N–H and O–H groups in total. The topological polar surface area (TPSA) is 79.8 Å². The summed E-state index contributed by atoms with van der Waals surface area (Å²) in [4.78, 5) is 4.57. The second-order valence-corrected chi connectivity index (χ2v) is 9.32. The van der Waals surface area contributed by atoms with Crippen molar-refractivity contribution in [1.82, 2.24) is 10.6 Å². The number of aliphatic imine (C=N–C) groups is 1. The zero-order valence-electron chi connectivity index (χ0n) is 15.1. The molecule has 0 radical (unpaired) electrons. The van der Waals surface area contributed by atoms with Gasteiger partial charge in [-0.3, -0.25) is 4.99 Å². The highest BCUT2D eigenvalue weighted by Gasteiger charge is 2.21. The third-order valence-corrected chi connectivity index (χ3v) is 4.34. The zero-order valence-corrected chi connectivity index (χ0v) is 15.9. The summed E-state index contributed by atoms with van der Waals surface area (Å²) in [6.45, 7) is 12.0.